The number of rotatable bonds is 6. The number of hydrogen-bond acceptors (Lipinski definition) is 1. The molecule has 3 aromatic rings. The van der Waals surface area contributed by atoms with Gasteiger partial charge in [-0.3, -0.25) is 0 Å². The lowest BCUT2D eigenvalue weighted by atomic mass is 10.0. The Labute approximate surface area is 145 Å². The fourth-order valence-electron chi connectivity index (χ4n) is 3.52. The van der Waals surface area contributed by atoms with E-state index in [-0.39, 0.29) is 0 Å². The third-order valence-corrected chi connectivity index (χ3v) is 4.83. The minimum absolute atomic E-state index is 0.945. The summed E-state index contributed by atoms with van der Waals surface area (Å²) >= 11 is 0. The summed E-state index contributed by atoms with van der Waals surface area (Å²) in [6.07, 6.45) is 2.34. The van der Waals surface area contributed by atoms with Crippen LogP contribution in [0, 0.1) is 13.8 Å². The lowest BCUT2D eigenvalue weighted by Crippen LogP contribution is -2.13. The molecule has 0 aliphatic carbocycles. The zero-order valence-corrected chi connectivity index (χ0v) is 15.3. The Morgan fingerprint density at radius 1 is 0.958 bits per heavy atom. The van der Waals surface area contributed by atoms with E-state index in [2.05, 4.69) is 85.9 Å². The number of fused-ring (bicyclic) bond motifs is 1. The van der Waals surface area contributed by atoms with Crippen LogP contribution in [-0.2, 0) is 13.0 Å². The molecule has 0 saturated carbocycles. The van der Waals surface area contributed by atoms with Crippen LogP contribution in [0.5, 0.6) is 0 Å². The van der Waals surface area contributed by atoms with Gasteiger partial charge in [0.25, 0.3) is 0 Å². The van der Waals surface area contributed by atoms with Gasteiger partial charge in [-0.05, 0) is 70.1 Å². The highest BCUT2D eigenvalue weighted by molar-refractivity contribution is 5.86. The van der Waals surface area contributed by atoms with Gasteiger partial charge < -0.3 is 9.47 Å². The topological polar surface area (TPSA) is 8.17 Å². The fourth-order valence-corrected chi connectivity index (χ4v) is 3.52. The first-order valence-corrected chi connectivity index (χ1v) is 8.83. The molecule has 2 nitrogen and oxygen atoms in total. The van der Waals surface area contributed by atoms with Gasteiger partial charge in [-0.2, -0.15) is 0 Å². The smallest absolute Gasteiger partial charge is 0.0491 e. The van der Waals surface area contributed by atoms with E-state index in [1.807, 2.05) is 0 Å². The standard InChI is InChI=1S/C22H28N2/c1-17-12-13-21-20(11-8-14-23(3)4)18(2)24(22(21)15-17)16-19-9-6-5-7-10-19/h5-7,9-10,12-13,15H,8,11,14,16H2,1-4H3. The van der Waals surface area contributed by atoms with Crippen molar-refractivity contribution in [2.45, 2.75) is 33.2 Å². The normalized spacial score (nSPS) is 11.5. The van der Waals surface area contributed by atoms with Gasteiger partial charge in [0.15, 0.2) is 0 Å². The van der Waals surface area contributed by atoms with E-state index in [1.54, 1.807) is 0 Å². The molecule has 0 radical (unpaired) electrons. The van der Waals surface area contributed by atoms with Crippen molar-refractivity contribution in [1.29, 1.82) is 0 Å². The molecule has 0 saturated heterocycles. The van der Waals surface area contributed by atoms with Gasteiger partial charge in [0.2, 0.25) is 0 Å². The summed E-state index contributed by atoms with van der Waals surface area (Å²) < 4.78 is 2.49. The highest BCUT2D eigenvalue weighted by atomic mass is 15.0. The predicted molar refractivity (Wildman–Crippen MR) is 104 cm³/mol. The van der Waals surface area contributed by atoms with Gasteiger partial charge >= 0.3 is 0 Å². The van der Waals surface area contributed by atoms with E-state index >= 15 is 0 Å². The summed E-state index contributed by atoms with van der Waals surface area (Å²) in [5.41, 5.74) is 6.99. The average molecular weight is 320 g/mol. The first kappa shape index (κ1) is 16.8. The Morgan fingerprint density at radius 2 is 1.71 bits per heavy atom. The molecule has 0 spiro atoms. The number of aryl methyl sites for hydroxylation is 2. The molecule has 0 aliphatic rings. The lowest BCUT2D eigenvalue weighted by Gasteiger charge is -2.11. The molecule has 0 unspecified atom stereocenters. The number of hydrogen-bond donors (Lipinski definition) is 0. The Bertz CT molecular complexity index is 813. The van der Waals surface area contributed by atoms with Crippen LogP contribution in [0.4, 0.5) is 0 Å². The van der Waals surface area contributed by atoms with Gasteiger partial charge in [-0.15, -0.1) is 0 Å². The predicted octanol–water partition coefficient (Wildman–Crippen LogP) is 4.80. The van der Waals surface area contributed by atoms with E-state index in [1.165, 1.54) is 39.7 Å². The van der Waals surface area contributed by atoms with E-state index in [9.17, 15) is 0 Å². The monoisotopic (exact) mass is 320 g/mol. The third-order valence-electron chi connectivity index (χ3n) is 4.83. The van der Waals surface area contributed by atoms with Crippen molar-refractivity contribution in [3.05, 3.63) is 70.9 Å². The van der Waals surface area contributed by atoms with Crippen LogP contribution in [0.2, 0.25) is 0 Å². The molecule has 3 rings (SSSR count). The first-order chi connectivity index (χ1) is 11.6. The molecule has 0 bridgehead atoms. The van der Waals surface area contributed by atoms with Crippen molar-refractivity contribution in [2.24, 2.45) is 0 Å². The van der Waals surface area contributed by atoms with E-state index < -0.39 is 0 Å². The van der Waals surface area contributed by atoms with E-state index in [0.717, 1.165) is 19.5 Å². The van der Waals surface area contributed by atoms with Crippen LogP contribution in [0.3, 0.4) is 0 Å². The molecule has 0 atom stereocenters. The Hall–Kier alpha value is -2.06. The van der Waals surface area contributed by atoms with Crippen LogP contribution in [0.1, 0.15) is 28.8 Å². The molecule has 1 aromatic heterocycles. The minimum atomic E-state index is 0.945. The second-order valence-electron chi connectivity index (χ2n) is 7.06. The molecular weight excluding hydrogens is 292 g/mol. The maximum Gasteiger partial charge on any atom is 0.0491 e. The molecule has 1 heterocycles. The summed E-state index contributed by atoms with van der Waals surface area (Å²) in [5.74, 6) is 0. The summed E-state index contributed by atoms with van der Waals surface area (Å²) in [5, 5.41) is 1.42. The molecule has 126 valence electrons. The summed E-state index contributed by atoms with van der Waals surface area (Å²) in [4.78, 5) is 2.27. The van der Waals surface area contributed by atoms with Crippen LogP contribution < -0.4 is 0 Å². The van der Waals surface area contributed by atoms with Crippen molar-refractivity contribution in [2.75, 3.05) is 20.6 Å². The average Bonchev–Trinajstić information content (AvgIpc) is 2.81. The van der Waals surface area contributed by atoms with Crippen LogP contribution in [0.25, 0.3) is 10.9 Å². The fraction of sp³-hybridized carbons (Fsp3) is 0.364. The zero-order valence-electron chi connectivity index (χ0n) is 15.3. The molecular formula is C22H28N2. The molecule has 0 N–H and O–H groups in total. The summed E-state index contributed by atoms with van der Waals surface area (Å²) in [6, 6.07) is 17.6. The zero-order chi connectivity index (χ0) is 17.1. The molecule has 2 heteroatoms. The SMILES string of the molecule is Cc1ccc2c(CCCN(C)C)c(C)n(Cc3ccccc3)c2c1. The second-order valence-corrected chi connectivity index (χ2v) is 7.06. The van der Waals surface area contributed by atoms with Gasteiger partial charge in [0, 0.05) is 23.1 Å². The summed E-state index contributed by atoms with van der Waals surface area (Å²) in [6.45, 7) is 6.54. The largest absolute Gasteiger partial charge is 0.340 e. The number of nitrogens with zero attached hydrogens (tertiary/aromatic N) is 2. The quantitative estimate of drug-likeness (QED) is 0.633. The van der Waals surface area contributed by atoms with Gasteiger partial charge in [-0.25, -0.2) is 0 Å². The first-order valence-electron chi connectivity index (χ1n) is 8.83. The molecule has 24 heavy (non-hydrogen) atoms. The van der Waals surface area contributed by atoms with Gasteiger partial charge in [-0.1, -0.05) is 42.5 Å². The molecule has 0 amide bonds. The highest BCUT2D eigenvalue weighted by Gasteiger charge is 2.14. The van der Waals surface area contributed by atoms with E-state index in [4.69, 9.17) is 0 Å². The van der Waals surface area contributed by atoms with Crippen LogP contribution >= 0.6 is 0 Å². The van der Waals surface area contributed by atoms with Crippen LogP contribution in [-0.4, -0.2) is 30.1 Å². The maximum absolute atomic E-state index is 2.49. The van der Waals surface area contributed by atoms with Crippen LogP contribution in [0.15, 0.2) is 48.5 Å². The van der Waals surface area contributed by atoms with Crippen molar-refractivity contribution in [3.63, 3.8) is 0 Å². The minimum Gasteiger partial charge on any atom is -0.340 e. The second kappa shape index (κ2) is 7.23. The Balaban J connectivity index is 2.00. The van der Waals surface area contributed by atoms with Gasteiger partial charge in [0.05, 0.1) is 0 Å². The van der Waals surface area contributed by atoms with Gasteiger partial charge in [0.1, 0.15) is 0 Å². The maximum atomic E-state index is 2.49. The number of aromatic nitrogens is 1. The van der Waals surface area contributed by atoms with E-state index in [0.29, 0.717) is 0 Å². The summed E-state index contributed by atoms with van der Waals surface area (Å²) in [7, 11) is 4.30. The molecule has 2 aromatic carbocycles. The van der Waals surface area contributed by atoms with Crippen molar-refractivity contribution in [1.82, 2.24) is 9.47 Å². The third kappa shape index (κ3) is 3.54. The molecule has 0 aliphatic heterocycles. The Morgan fingerprint density at radius 3 is 2.42 bits per heavy atom. The highest BCUT2D eigenvalue weighted by Crippen LogP contribution is 2.29. The van der Waals surface area contributed by atoms with Crippen molar-refractivity contribution in [3.8, 4) is 0 Å². The van der Waals surface area contributed by atoms with Crippen molar-refractivity contribution >= 4 is 10.9 Å². The Kier molecular flexibility index (Phi) is 5.06. The lowest BCUT2D eigenvalue weighted by molar-refractivity contribution is 0.400. The molecule has 0 fully saturated rings. The van der Waals surface area contributed by atoms with Crippen molar-refractivity contribution < 1.29 is 0 Å². The number of benzene rings is 2.